The number of nitrogens with zero attached hydrogens (tertiary/aromatic N) is 1. The summed E-state index contributed by atoms with van der Waals surface area (Å²) in [4.78, 5) is 2.72. The predicted octanol–water partition coefficient (Wildman–Crippen LogP) is 3.87. The van der Waals surface area contributed by atoms with E-state index in [2.05, 4.69) is 35.3 Å². The molecule has 2 fully saturated rings. The van der Waals surface area contributed by atoms with E-state index in [9.17, 15) is 0 Å². The number of rotatable bonds is 4. The topological polar surface area (TPSA) is 15.3 Å². The van der Waals surface area contributed by atoms with E-state index < -0.39 is 0 Å². The lowest BCUT2D eigenvalue weighted by Crippen LogP contribution is -2.35. The van der Waals surface area contributed by atoms with Crippen LogP contribution in [0.4, 0.5) is 5.69 Å². The molecule has 1 aromatic rings. The van der Waals surface area contributed by atoms with Crippen molar-refractivity contribution in [3.05, 3.63) is 29.3 Å². The van der Waals surface area contributed by atoms with Crippen LogP contribution in [0.15, 0.2) is 18.2 Å². The Labute approximate surface area is 123 Å². The summed E-state index contributed by atoms with van der Waals surface area (Å²) >= 11 is 0. The van der Waals surface area contributed by atoms with Gasteiger partial charge in [0.05, 0.1) is 0 Å². The third-order valence-electron chi connectivity index (χ3n) is 5.15. The zero-order chi connectivity index (χ0) is 13.9. The predicted molar refractivity (Wildman–Crippen MR) is 86.3 cm³/mol. The standard InChI is InChI=1S/C18H28N2/c1-14-9-10-18(16(12-14)13-19-2)20-11-5-8-17(20)15-6-3-4-7-15/h9-10,12,15,17,19H,3-8,11,13H2,1-2H3. The van der Waals surface area contributed by atoms with Gasteiger partial charge in [-0.15, -0.1) is 0 Å². The number of anilines is 1. The first kappa shape index (κ1) is 13.9. The Morgan fingerprint density at radius 1 is 1.15 bits per heavy atom. The number of nitrogens with one attached hydrogen (secondary N) is 1. The molecule has 1 N–H and O–H groups in total. The Kier molecular flexibility index (Phi) is 4.30. The summed E-state index contributed by atoms with van der Waals surface area (Å²) in [6, 6.07) is 7.79. The van der Waals surface area contributed by atoms with Crippen molar-refractivity contribution < 1.29 is 0 Å². The normalized spacial score (nSPS) is 23.7. The fourth-order valence-electron chi connectivity index (χ4n) is 4.25. The Balaban J connectivity index is 1.86. The highest BCUT2D eigenvalue weighted by molar-refractivity contribution is 5.56. The fourth-order valence-corrected chi connectivity index (χ4v) is 4.25. The monoisotopic (exact) mass is 272 g/mol. The van der Waals surface area contributed by atoms with E-state index in [1.807, 2.05) is 7.05 Å². The van der Waals surface area contributed by atoms with E-state index in [1.165, 1.54) is 61.9 Å². The lowest BCUT2D eigenvalue weighted by Gasteiger charge is -2.33. The molecular formula is C18H28N2. The maximum Gasteiger partial charge on any atom is 0.0414 e. The number of aryl methyl sites for hydroxylation is 1. The molecule has 1 unspecified atom stereocenters. The highest BCUT2D eigenvalue weighted by Crippen LogP contribution is 2.38. The van der Waals surface area contributed by atoms with Gasteiger partial charge in [0, 0.05) is 24.8 Å². The first-order chi connectivity index (χ1) is 9.79. The van der Waals surface area contributed by atoms with E-state index >= 15 is 0 Å². The van der Waals surface area contributed by atoms with Gasteiger partial charge in [0.25, 0.3) is 0 Å². The largest absolute Gasteiger partial charge is 0.368 e. The molecule has 2 nitrogen and oxygen atoms in total. The average Bonchev–Trinajstić information content (AvgIpc) is 3.10. The van der Waals surface area contributed by atoms with Crippen molar-refractivity contribution in [2.45, 2.75) is 58.0 Å². The van der Waals surface area contributed by atoms with Crippen molar-refractivity contribution in [3.63, 3.8) is 0 Å². The summed E-state index contributed by atoms with van der Waals surface area (Å²) in [6.07, 6.45) is 8.58. The molecule has 2 heteroatoms. The minimum Gasteiger partial charge on any atom is -0.368 e. The smallest absolute Gasteiger partial charge is 0.0414 e. The van der Waals surface area contributed by atoms with E-state index in [4.69, 9.17) is 0 Å². The Morgan fingerprint density at radius 2 is 1.95 bits per heavy atom. The van der Waals surface area contributed by atoms with Crippen LogP contribution in [0.1, 0.15) is 49.7 Å². The first-order valence-electron chi connectivity index (χ1n) is 8.30. The lowest BCUT2D eigenvalue weighted by atomic mass is 9.95. The van der Waals surface area contributed by atoms with Crippen molar-refractivity contribution >= 4 is 5.69 Å². The molecule has 1 aliphatic carbocycles. The zero-order valence-corrected chi connectivity index (χ0v) is 13.0. The second kappa shape index (κ2) is 6.17. The molecule has 0 spiro atoms. The van der Waals surface area contributed by atoms with Crippen LogP contribution in [0.5, 0.6) is 0 Å². The highest BCUT2D eigenvalue weighted by Gasteiger charge is 2.34. The third kappa shape index (κ3) is 2.71. The fraction of sp³-hybridized carbons (Fsp3) is 0.667. The molecule has 1 aromatic carbocycles. The molecular weight excluding hydrogens is 244 g/mol. The van der Waals surface area contributed by atoms with Gasteiger partial charge in [-0.1, -0.05) is 30.5 Å². The Hall–Kier alpha value is -1.02. The Bertz CT molecular complexity index is 449. The second-order valence-electron chi connectivity index (χ2n) is 6.61. The van der Waals surface area contributed by atoms with Gasteiger partial charge < -0.3 is 10.2 Å². The van der Waals surface area contributed by atoms with Crippen LogP contribution in [-0.2, 0) is 6.54 Å². The van der Waals surface area contributed by atoms with Crippen molar-refractivity contribution in [3.8, 4) is 0 Å². The van der Waals surface area contributed by atoms with Gasteiger partial charge in [0.2, 0.25) is 0 Å². The molecule has 1 saturated heterocycles. The molecule has 20 heavy (non-hydrogen) atoms. The van der Waals surface area contributed by atoms with Crippen molar-refractivity contribution in [2.75, 3.05) is 18.5 Å². The zero-order valence-electron chi connectivity index (χ0n) is 13.0. The van der Waals surface area contributed by atoms with Crippen LogP contribution in [0, 0.1) is 12.8 Å². The van der Waals surface area contributed by atoms with Gasteiger partial charge in [-0.2, -0.15) is 0 Å². The molecule has 2 aliphatic rings. The van der Waals surface area contributed by atoms with Gasteiger partial charge in [-0.05, 0) is 57.2 Å². The summed E-state index contributed by atoms with van der Waals surface area (Å²) in [5.74, 6) is 0.946. The van der Waals surface area contributed by atoms with E-state index in [0.717, 1.165) is 18.5 Å². The minimum absolute atomic E-state index is 0.802. The number of benzene rings is 1. The third-order valence-corrected chi connectivity index (χ3v) is 5.15. The van der Waals surface area contributed by atoms with Gasteiger partial charge in [0.15, 0.2) is 0 Å². The maximum atomic E-state index is 3.33. The van der Waals surface area contributed by atoms with Gasteiger partial charge in [-0.3, -0.25) is 0 Å². The van der Waals surface area contributed by atoms with E-state index in [1.54, 1.807) is 0 Å². The van der Waals surface area contributed by atoms with Crippen LogP contribution in [0.25, 0.3) is 0 Å². The number of hydrogen-bond acceptors (Lipinski definition) is 2. The van der Waals surface area contributed by atoms with Crippen molar-refractivity contribution in [2.24, 2.45) is 5.92 Å². The molecule has 3 rings (SSSR count). The van der Waals surface area contributed by atoms with Crippen LogP contribution < -0.4 is 10.2 Å². The first-order valence-corrected chi connectivity index (χ1v) is 8.30. The summed E-state index contributed by atoms with van der Waals surface area (Å²) in [5, 5.41) is 3.33. The van der Waals surface area contributed by atoms with Crippen LogP contribution in [0.3, 0.4) is 0 Å². The average molecular weight is 272 g/mol. The SMILES string of the molecule is CNCc1cc(C)ccc1N1CCCC1C1CCCC1. The van der Waals surface area contributed by atoms with Crippen LogP contribution >= 0.6 is 0 Å². The van der Waals surface area contributed by atoms with Gasteiger partial charge >= 0.3 is 0 Å². The number of hydrogen-bond donors (Lipinski definition) is 1. The quantitative estimate of drug-likeness (QED) is 0.895. The molecule has 1 aliphatic heterocycles. The molecule has 0 amide bonds. The summed E-state index contributed by atoms with van der Waals surface area (Å²) in [5.41, 5.74) is 4.33. The molecule has 1 heterocycles. The summed E-state index contributed by atoms with van der Waals surface area (Å²) in [7, 11) is 2.05. The molecule has 1 saturated carbocycles. The summed E-state index contributed by atoms with van der Waals surface area (Å²) in [6.45, 7) is 4.42. The van der Waals surface area contributed by atoms with Crippen molar-refractivity contribution in [1.82, 2.24) is 5.32 Å². The van der Waals surface area contributed by atoms with Gasteiger partial charge in [-0.25, -0.2) is 0 Å². The molecule has 0 radical (unpaired) electrons. The molecule has 1 atom stereocenters. The van der Waals surface area contributed by atoms with Crippen molar-refractivity contribution in [1.29, 1.82) is 0 Å². The summed E-state index contributed by atoms with van der Waals surface area (Å²) < 4.78 is 0. The highest BCUT2D eigenvalue weighted by atomic mass is 15.2. The minimum atomic E-state index is 0.802. The second-order valence-corrected chi connectivity index (χ2v) is 6.61. The maximum absolute atomic E-state index is 3.33. The molecule has 110 valence electrons. The molecule has 0 bridgehead atoms. The van der Waals surface area contributed by atoms with Crippen LogP contribution in [-0.4, -0.2) is 19.6 Å². The lowest BCUT2D eigenvalue weighted by molar-refractivity contribution is 0.430. The van der Waals surface area contributed by atoms with E-state index in [0.29, 0.717) is 0 Å². The molecule has 0 aromatic heterocycles. The van der Waals surface area contributed by atoms with E-state index in [-0.39, 0.29) is 0 Å². The van der Waals surface area contributed by atoms with Crippen LogP contribution in [0.2, 0.25) is 0 Å². The Morgan fingerprint density at radius 3 is 2.70 bits per heavy atom. The van der Waals surface area contributed by atoms with Gasteiger partial charge in [0.1, 0.15) is 0 Å².